The second-order valence-corrected chi connectivity index (χ2v) is 10.9. The molecule has 4 N–H and O–H groups in total. The van der Waals surface area contributed by atoms with Crippen LogP contribution in [0.4, 0.5) is 15.8 Å². The van der Waals surface area contributed by atoms with Crippen molar-refractivity contribution in [2.24, 2.45) is 5.41 Å². The summed E-state index contributed by atoms with van der Waals surface area (Å²) in [6, 6.07) is 12.5. The molecule has 1 fully saturated rings. The number of pyridine rings is 1. The van der Waals surface area contributed by atoms with Crippen LogP contribution in [0.15, 0.2) is 54.5 Å². The summed E-state index contributed by atoms with van der Waals surface area (Å²) in [7, 11) is 0. The maximum absolute atomic E-state index is 13.7. The average Bonchev–Trinajstić information content (AvgIpc) is 3.63. The van der Waals surface area contributed by atoms with E-state index in [9.17, 15) is 9.65 Å². The van der Waals surface area contributed by atoms with E-state index in [1.54, 1.807) is 12.1 Å². The van der Waals surface area contributed by atoms with Gasteiger partial charge in [-0.15, -0.1) is 17.1 Å². The van der Waals surface area contributed by atoms with E-state index >= 15 is 0 Å². The van der Waals surface area contributed by atoms with Gasteiger partial charge in [0, 0.05) is 41.9 Å². The zero-order valence-electron chi connectivity index (χ0n) is 20.6. The van der Waals surface area contributed by atoms with Gasteiger partial charge in [0.25, 0.3) is 0 Å². The first-order chi connectivity index (χ1) is 17.8. The Bertz CT molecular complexity index is 1380. The number of rotatable bonds is 9. The molecule has 1 aromatic heterocycles. The smallest absolute Gasteiger partial charge is 0.123 e. The summed E-state index contributed by atoms with van der Waals surface area (Å²) in [6.45, 7) is 4.67. The van der Waals surface area contributed by atoms with E-state index in [1.165, 1.54) is 18.3 Å². The zero-order valence-corrected chi connectivity index (χ0v) is 22.1. The third-order valence-corrected chi connectivity index (χ3v) is 7.54. The van der Waals surface area contributed by atoms with Crippen molar-refractivity contribution in [1.82, 2.24) is 21.0 Å². The van der Waals surface area contributed by atoms with Crippen LogP contribution in [0.5, 0.6) is 0 Å². The molecule has 1 atom stereocenters. The van der Waals surface area contributed by atoms with E-state index in [-0.39, 0.29) is 17.3 Å². The number of nitrogens with one attached hydrogen (secondary N) is 4. The van der Waals surface area contributed by atoms with Crippen LogP contribution in [0, 0.1) is 22.6 Å². The minimum absolute atomic E-state index is 0.182. The molecule has 192 valence electrons. The zero-order chi connectivity index (χ0) is 26.2. The second-order valence-electron chi connectivity index (χ2n) is 10.3. The molecule has 3 aromatic rings. The Kier molecular flexibility index (Phi) is 7.04. The number of anilines is 2. The Morgan fingerprint density at radius 3 is 2.70 bits per heavy atom. The number of alkyl halides is 1. The van der Waals surface area contributed by atoms with Gasteiger partial charge in [-0.2, -0.15) is 5.26 Å². The fourth-order valence-corrected chi connectivity index (χ4v) is 4.56. The maximum Gasteiger partial charge on any atom is 0.123 e. The number of fused-ring (bicyclic) bond motifs is 1. The predicted octanol–water partition coefficient (Wildman–Crippen LogP) is 6.06. The lowest BCUT2D eigenvalue weighted by Gasteiger charge is -2.24. The van der Waals surface area contributed by atoms with E-state index in [0.717, 1.165) is 35.2 Å². The van der Waals surface area contributed by atoms with E-state index in [1.807, 2.05) is 18.3 Å². The number of hydrogen-bond acceptors (Lipinski definition) is 7. The van der Waals surface area contributed by atoms with E-state index in [2.05, 4.69) is 51.5 Å². The lowest BCUT2D eigenvalue weighted by molar-refractivity contribution is 0.260. The standard InChI is InChI=1S/C27H28Cl2FN7/c1-27(2,14-28)15-33-24-17(11-31)12-32-26-21(24)9-19(10-22(26)29)34-25(16-3-5-18(30)6-4-16)23-13-37(36-35-23)20-7-8-20/h3-6,9-10,12-13,20,25,34-36H,7-8,14-15H2,1-2H3,(H,32,33). The van der Waals surface area contributed by atoms with Crippen LogP contribution in [0.25, 0.3) is 10.9 Å². The van der Waals surface area contributed by atoms with Crippen molar-refractivity contribution >= 4 is 45.5 Å². The van der Waals surface area contributed by atoms with E-state index < -0.39 is 0 Å². The third-order valence-electron chi connectivity index (χ3n) is 6.52. The highest BCUT2D eigenvalue weighted by Gasteiger charge is 2.32. The topological polar surface area (TPSA) is 88.0 Å². The second kappa shape index (κ2) is 10.3. The quantitative estimate of drug-likeness (QED) is 0.246. The molecule has 37 heavy (non-hydrogen) atoms. The summed E-state index contributed by atoms with van der Waals surface area (Å²) in [5, 5.41) is 20.0. The SMILES string of the molecule is CC(C)(CCl)CNc1c(C#N)cnc2c(Cl)cc(NC(C3=CN(C4CC4)NN3)c3ccc(F)cc3)cc12. The fraction of sp³-hybridized carbons (Fsp3) is 0.333. The number of hydrazine groups is 2. The first-order valence-electron chi connectivity index (χ1n) is 12.1. The molecule has 0 radical (unpaired) electrons. The van der Waals surface area contributed by atoms with Crippen molar-refractivity contribution in [3.05, 3.63) is 76.5 Å². The monoisotopic (exact) mass is 539 g/mol. The third kappa shape index (κ3) is 5.54. The molecule has 1 aliphatic carbocycles. The molecule has 0 saturated heterocycles. The first-order valence-corrected chi connectivity index (χ1v) is 13.0. The summed E-state index contributed by atoms with van der Waals surface area (Å²) < 4.78 is 13.7. The highest BCUT2D eigenvalue weighted by molar-refractivity contribution is 6.35. The van der Waals surface area contributed by atoms with E-state index in [0.29, 0.717) is 40.3 Å². The van der Waals surface area contributed by atoms with Crippen molar-refractivity contribution in [3.8, 4) is 6.07 Å². The van der Waals surface area contributed by atoms with Crippen molar-refractivity contribution < 1.29 is 4.39 Å². The Balaban J connectivity index is 1.54. The lowest BCUT2D eigenvalue weighted by Crippen LogP contribution is -2.38. The molecule has 0 amide bonds. The highest BCUT2D eigenvalue weighted by Crippen LogP contribution is 2.37. The largest absolute Gasteiger partial charge is 0.383 e. The normalized spacial score (nSPS) is 16.2. The molecule has 0 spiro atoms. The molecule has 10 heteroatoms. The Hall–Kier alpha value is -3.25. The van der Waals surface area contributed by atoms with Gasteiger partial charge in [0.15, 0.2) is 0 Å². The number of hydrogen-bond donors (Lipinski definition) is 4. The Morgan fingerprint density at radius 1 is 1.27 bits per heavy atom. The summed E-state index contributed by atoms with van der Waals surface area (Å²) in [6.07, 6.45) is 5.85. The molecule has 2 heterocycles. The minimum Gasteiger partial charge on any atom is -0.383 e. The van der Waals surface area contributed by atoms with Crippen molar-refractivity contribution in [2.45, 2.75) is 38.8 Å². The van der Waals surface area contributed by atoms with Crippen molar-refractivity contribution in [3.63, 3.8) is 0 Å². The molecular formula is C27H28Cl2FN7. The van der Waals surface area contributed by atoms with Gasteiger partial charge in [0.1, 0.15) is 11.9 Å². The summed E-state index contributed by atoms with van der Waals surface area (Å²) in [5.41, 5.74) is 10.4. The van der Waals surface area contributed by atoms with Crippen LogP contribution in [0.2, 0.25) is 5.02 Å². The molecule has 1 unspecified atom stereocenters. The molecule has 0 bridgehead atoms. The summed E-state index contributed by atoms with van der Waals surface area (Å²) in [5.74, 6) is 0.166. The summed E-state index contributed by atoms with van der Waals surface area (Å²) >= 11 is 12.8. The van der Waals surface area contributed by atoms with Crippen LogP contribution >= 0.6 is 23.2 Å². The number of halogens is 3. The van der Waals surface area contributed by atoms with Crippen molar-refractivity contribution in [2.75, 3.05) is 23.1 Å². The average molecular weight is 540 g/mol. The molecule has 2 aromatic carbocycles. The lowest BCUT2D eigenvalue weighted by atomic mass is 9.96. The van der Waals surface area contributed by atoms with Gasteiger partial charge >= 0.3 is 0 Å². The van der Waals surface area contributed by atoms with Gasteiger partial charge in [0.05, 0.1) is 33.5 Å². The molecule has 2 aliphatic rings. The minimum atomic E-state index is -0.316. The van der Waals surface area contributed by atoms with Gasteiger partial charge in [-0.25, -0.2) is 4.39 Å². The Labute approximate surface area is 225 Å². The van der Waals surface area contributed by atoms with Crippen LogP contribution in [-0.4, -0.2) is 28.5 Å². The number of benzene rings is 2. The van der Waals surface area contributed by atoms with E-state index in [4.69, 9.17) is 23.2 Å². The van der Waals surface area contributed by atoms with Crippen LogP contribution in [0.3, 0.4) is 0 Å². The van der Waals surface area contributed by atoms with Crippen LogP contribution in [-0.2, 0) is 0 Å². The van der Waals surface area contributed by atoms with Gasteiger partial charge < -0.3 is 16.1 Å². The maximum atomic E-state index is 13.7. The van der Waals surface area contributed by atoms with Gasteiger partial charge in [-0.05, 0) is 48.1 Å². The number of nitrogens with zero attached hydrogens (tertiary/aromatic N) is 3. The summed E-state index contributed by atoms with van der Waals surface area (Å²) in [4.78, 5) is 4.45. The van der Waals surface area contributed by atoms with Crippen LogP contribution < -0.4 is 21.6 Å². The number of aromatic nitrogens is 1. The van der Waals surface area contributed by atoms with Gasteiger partial charge in [-0.3, -0.25) is 9.99 Å². The van der Waals surface area contributed by atoms with Crippen molar-refractivity contribution in [1.29, 1.82) is 5.26 Å². The van der Waals surface area contributed by atoms with Crippen LogP contribution in [0.1, 0.15) is 43.9 Å². The molecule has 7 nitrogen and oxygen atoms in total. The fourth-order valence-electron chi connectivity index (χ4n) is 4.20. The molecular weight excluding hydrogens is 512 g/mol. The molecule has 5 rings (SSSR count). The predicted molar refractivity (Wildman–Crippen MR) is 146 cm³/mol. The highest BCUT2D eigenvalue weighted by atomic mass is 35.5. The van der Waals surface area contributed by atoms with Gasteiger partial charge in [0.2, 0.25) is 0 Å². The molecule has 1 saturated carbocycles. The number of nitriles is 1. The molecule has 1 aliphatic heterocycles. The Morgan fingerprint density at radius 2 is 2.03 bits per heavy atom. The van der Waals surface area contributed by atoms with Gasteiger partial charge in [-0.1, -0.05) is 37.6 Å². The first kappa shape index (κ1) is 25.4.